The summed E-state index contributed by atoms with van der Waals surface area (Å²) >= 11 is 0. The van der Waals surface area contributed by atoms with Crippen molar-refractivity contribution < 1.29 is 17.9 Å². The highest BCUT2D eigenvalue weighted by atomic mass is 32.2. The van der Waals surface area contributed by atoms with Crippen molar-refractivity contribution in [3.63, 3.8) is 0 Å². The van der Waals surface area contributed by atoms with E-state index >= 15 is 0 Å². The number of ketones is 1. The first kappa shape index (κ1) is 18.7. The van der Waals surface area contributed by atoms with E-state index in [1.54, 1.807) is 21.0 Å². The van der Waals surface area contributed by atoms with Crippen LogP contribution in [0.25, 0.3) is 0 Å². The summed E-state index contributed by atoms with van der Waals surface area (Å²) in [6, 6.07) is 7.48. The molecule has 1 rings (SSSR count). The van der Waals surface area contributed by atoms with Gasteiger partial charge in [-0.1, -0.05) is 18.6 Å². The second-order valence-electron chi connectivity index (χ2n) is 5.79. The lowest BCUT2D eigenvalue weighted by molar-refractivity contribution is -0.118. The van der Waals surface area contributed by atoms with Crippen molar-refractivity contribution >= 4 is 15.6 Å². The Kier molecular flexibility index (Phi) is 7.59. The molecule has 5 heteroatoms. The molecule has 0 spiro atoms. The average Bonchev–Trinajstić information content (AvgIpc) is 2.47. The SMILES string of the molecule is COc1ccc(CC(=O)CCCCCS(=O)(=O)C(C)C)cc1. The Morgan fingerprint density at radius 2 is 1.73 bits per heavy atom. The molecule has 0 aliphatic carbocycles. The van der Waals surface area contributed by atoms with Gasteiger partial charge in [0.25, 0.3) is 0 Å². The van der Waals surface area contributed by atoms with Gasteiger partial charge in [-0.25, -0.2) is 8.42 Å². The van der Waals surface area contributed by atoms with Crippen LogP contribution >= 0.6 is 0 Å². The summed E-state index contributed by atoms with van der Waals surface area (Å²) in [5.74, 6) is 1.19. The molecule has 1 aromatic carbocycles. The van der Waals surface area contributed by atoms with Crippen LogP contribution in [0.4, 0.5) is 0 Å². The van der Waals surface area contributed by atoms with Gasteiger partial charge in [-0.05, 0) is 44.4 Å². The minimum Gasteiger partial charge on any atom is -0.497 e. The number of carbonyl (C=O) groups is 1. The molecule has 4 nitrogen and oxygen atoms in total. The second-order valence-corrected chi connectivity index (χ2v) is 8.47. The van der Waals surface area contributed by atoms with Crippen LogP contribution in [0, 0.1) is 0 Å². The van der Waals surface area contributed by atoms with Crippen molar-refractivity contribution in [3.05, 3.63) is 29.8 Å². The number of unbranched alkanes of at least 4 members (excludes halogenated alkanes) is 2. The molecule has 0 fully saturated rings. The van der Waals surface area contributed by atoms with Gasteiger partial charge < -0.3 is 4.74 Å². The number of rotatable bonds is 10. The molecule has 0 saturated heterocycles. The molecular formula is C17H26O4S. The summed E-state index contributed by atoms with van der Waals surface area (Å²) < 4.78 is 28.4. The Morgan fingerprint density at radius 1 is 1.09 bits per heavy atom. The summed E-state index contributed by atoms with van der Waals surface area (Å²) in [7, 11) is -1.34. The molecule has 1 aromatic rings. The zero-order chi connectivity index (χ0) is 16.6. The standard InChI is InChI=1S/C17H26O4S/c1-14(2)22(19,20)12-6-4-5-7-16(18)13-15-8-10-17(21-3)11-9-15/h8-11,14H,4-7,12-13H2,1-3H3. The van der Waals surface area contributed by atoms with E-state index in [0.29, 0.717) is 19.3 Å². The first-order valence-electron chi connectivity index (χ1n) is 7.71. The molecule has 0 aliphatic heterocycles. The van der Waals surface area contributed by atoms with Crippen molar-refractivity contribution in [2.45, 2.75) is 51.2 Å². The van der Waals surface area contributed by atoms with E-state index in [1.165, 1.54) is 0 Å². The lowest BCUT2D eigenvalue weighted by Gasteiger charge is -2.07. The van der Waals surface area contributed by atoms with Crippen molar-refractivity contribution in [1.29, 1.82) is 0 Å². The maximum absolute atomic E-state index is 11.9. The van der Waals surface area contributed by atoms with E-state index < -0.39 is 9.84 Å². The van der Waals surface area contributed by atoms with Gasteiger partial charge in [0, 0.05) is 12.8 Å². The molecule has 124 valence electrons. The van der Waals surface area contributed by atoms with E-state index in [9.17, 15) is 13.2 Å². The number of benzene rings is 1. The molecular weight excluding hydrogens is 300 g/mol. The molecule has 0 aliphatic rings. The summed E-state index contributed by atoms with van der Waals surface area (Å²) in [6.07, 6.45) is 3.10. The predicted molar refractivity (Wildman–Crippen MR) is 89.1 cm³/mol. The Labute approximate surface area is 133 Å². The van der Waals surface area contributed by atoms with Crippen molar-refractivity contribution in [1.82, 2.24) is 0 Å². The molecule has 0 N–H and O–H groups in total. The van der Waals surface area contributed by atoms with Gasteiger partial charge in [-0.3, -0.25) is 4.79 Å². The first-order chi connectivity index (χ1) is 10.3. The van der Waals surface area contributed by atoms with E-state index in [1.807, 2.05) is 24.3 Å². The Balaban J connectivity index is 2.23. The normalized spacial score (nSPS) is 11.6. The van der Waals surface area contributed by atoms with Crippen LogP contribution in [0.15, 0.2) is 24.3 Å². The van der Waals surface area contributed by atoms with Crippen LogP contribution in [0.5, 0.6) is 5.75 Å². The Hall–Kier alpha value is -1.36. The molecule has 0 radical (unpaired) electrons. The quantitative estimate of drug-likeness (QED) is 0.620. The Bertz CT molecular complexity index is 559. The zero-order valence-corrected chi connectivity index (χ0v) is 14.5. The largest absolute Gasteiger partial charge is 0.497 e. The number of sulfone groups is 1. The van der Waals surface area contributed by atoms with Crippen LogP contribution < -0.4 is 4.74 Å². The third kappa shape index (κ3) is 6.60. The molecule has 0 atom stereocenters. The van der Waals surface area contributed by atoms with Gasteiger partial charge in [0.05, 0.1) is 18.1 Å². The fourth-order valence-corrected chi connectivity index (χ4v) is 3.18. The Morgan fingerprint density at radius 3 is 2.27 bits per heavy atom. The summed E-state index contributed by atoms with van der Waals surface area (Å²) in [5.41, 5.74) is 0.980. The van der Waals surface area contributed by atoms with Crippen LogP contribution in [0.1, 0.15) is 45.1 Å². The number of hydrogen-bond acceptors (Lipinski definition) is 4. The second kappa shape index (κ2) is 8.93. The van der Waals surface area contributed by atoms with Gasteiger partial charge >= 0.3 is 0 Å². The third-order valence-corrected chi connectivity index (χ3v) is 5.96. The molecule has 0 unspecified atom stereocenters. The summed E-state index contributed by atoms with van der Waals surface area (Å²) in [6.45, 7) is 3.40. The molecule has 22 heavy (non-hydrogen) atoms. The highest BCUT2D eigenvalue weighted by molar-refractivity contribution is 7.91. The minimum atomic E-state index is -2.95. The molecule has 0 heterocycles. The van der Waals surface area contributed by atoms with E-state index in [4.69, 9.17) is 4.74 Å². The summed E-state index contributed by atoms with van der Waals surface area (Å²) in [5, 5.41) is -0.316. The summed E-state index contributed by atoms with van der Waals surface area (Å²) in [4.78, 5) is 11.9. The first-order valence-corrected chi connectivity index (χ1v) is 9.43. The van der Waals surface area contributed by atoms with E-state index in [-0.39, 0.29) is 16.8 Å². The third-order valence-electron chi connectivity index (χ3n) is 3.66. The van der Waals surface area contributed by atoms with Gasteiger partial charge in [0.2, 0.25) is 0 Å². The highest BCUT2D eigenvalue weighted by Crippen LogP contribution is 2.13. The van der Waals surface area contributed by atoms with Crippen LogP contribution in [-0.4, -0.2) is 32.3 Å². The van der Waals surface area contributed by atoms with E-state index in [2.05, 4.69) is 0 Å². The van der Waals surface area contributed by atoms with Gasteiger partial charge in [0.15, 0.2) is 9.84 Å². The highest BCUT2D eigenvalue weighted by Gasteiger charge is 2.15. The average molecular weight is 326 g/mol. The maximum atomic E-state index is 11.9. The van der Waals surface area contributed by atoms with E-state index in [0.717, 1.165) is 24.2 Å². The fourth-order valence-electron chi connectivity index (χ4n) is 2.10. The van der Waals surface area contributed by atoms with Crippen LogP contribution in [0.2, 0.25) is 0 Å². The predicted octanol–water partition coefficient (Wildman–Crippen LogP) is 3.19. The number of carbonyl (C=O) groups excluding carboxylic acids is 1. The van der Waals surface area contributed by atoms with Crippen molar-refractivity contribution in [2.75, 3.05) is 12.9 Å². The number of methoxy groups -OCH3 is 1. The van der Waals surface area contributed by atoms with Crippen LogP contribution in [0.3, 0.4) is 0 Å². The molecule has 0 bridgehead atoms. The maximum Gasteiger partial charge on any atom is 0.152 e. The fraction of sp³-hybridized carbons (Fsp3) is 0.588. The lowest BCUT2D eigenvalue weighted by Crippen LogP contribution is -2.17. The van der Waals surface area contributed by atoms with Gasteiger partial charge in [-0.2, -0.15) is 0 Å². The smallest absolute Gasteiger partial charge is 0.152 e. The molecule has 0 saturated carbocycles. The van der Waals surface area contributed by atoms with Gasteiger partial charge in [-0.15, -0.1) is 0 Å². The van der Waals surface area contributed by atoms with Crippen molar-refractivity contribution in [3.8, 4) is 5.75 Å². The monoisotopic (exact) mass is 326 g/mol. The minimum absolute atomic E-state index is 0.192. The number of Topliss-reactive ketones (excluding diaryl/α,β-unsaturated/α-hetero) is 1. The van der Waals surface area contributed by atoms with Crippen molar-refractivity contribution in [2.24, 2.45) is 0 Å². The zero-order valence-electron chi connectivity index (χ0n) is 13.7. The topological polar surface area (TPSA) is 60.4 Å². The van der Waals surface area contributed by atoms with Gasteiger partial charge in [0.1, 0.15) is 11.5 Å². The number of ether oxygens (including phenoxy) is 1. The molecule has 0 aromatic heterocycles. The van der Waals surface area contributed by atoms with Crippen LogP contribution in [-0.2, 0) is 21.1 Å². The molecule has 0 amide bonds. The lowest BCUT2D eigenvalue weighted by atomic mass is 10.0. The number of hydrogen-bond donors (Lipinski definition) is 0.